The molecule has 3 heterocycles. The highest BCUT2D eigenvalue weighted by Gasteiger charge is 2.20. The lowest BCUT2D eigenvalue weighted by Gasteiger charge is -2.25. The van der Waals surface area contributed by atoms with Gasteiger partial charge in [-0.1, -0.05) is 0 Å². The molecule has 0 aliphatic carbocycles. The number of anilines is 1. The molecule has 3 rings (SSSR count). The zero-order chi connectivity index (χ0) is 15.5. The first-order valence-electron chi connectivity index (χ1n) is 7.08. The molecule has 1 aliphatic rings. The summed E-state index contributed by atoms with van der Waals surface area (Å²) in [6, 6.07) is 1.88. The lowest BCUT2D eigenvalue weighted by Crippen LogP contribution is -2.37. The molecule has 1 amide bonds. The molecule has 7 nitrogen and oxygen atoms in total. The molecule has 8 heteroatoms. The molecule has 1 aliphatic heterocycles. The lowest BCUT2D eigenvalue weighted by atomic mass is 10.3. The number of hydrogen-bond donors (Lipinski definition) is 3. The number of carbonyl (C=O) groups is 1. The fourth-order valence-corrected chi connectivity index (χ4v) is 3.13. The second-order valence-electron chi connectivity index (χ2n) is 5.16. The van der Waals surface area contributed by atoms with Gasteiger partial charge >= 0.3 is 0 Å². The van der Waals surface area contributed by atoms with Crippen molar-refractivity contribution in [3.05, 3.63) is 29.7 Å². The van der Waals surface area contributed by atoms with Gasteiger partial charge in [0.1, 0.15) is 17.8 Å². The first-order valence-corrected chi connectivity index (χ1v) is 8.07. The van der Waals surface area contributed by atoms with E-state index in [0.29, 0.717) is 11.4 Å². The molecule has 0 spiro atoms. The van der Waals surface area contributed by atoms with E-state index in [-0.39, 0.29) is 11.9 Å². The van der Waals surface area contributed by atoms with E-state index < -0.39 is 0 Å². The Hall–Kier alpha value is -2.06. The predicted molar refractivity (Wildman–Crippen MR) is 88.4 cm³/mol. The largest absolute Gasteiger partial charge is 0.350 e. The summed E-state index contributed by atoms with van der Waals surface area (Å²) >= 11 is 1.54. The summed E-state index contributed by atoms with van der Waals surface area (Å²) in [6.07, 6.45) is 5.21. The molecule has 1 atom stereocenters. The second-order valence-corrected chi connectivity index (χ2v) is 6.30. The van der Waals surface area contributed by atoms with Crippen LogP contribution < -0.4 is 16.0 Å². The Morgan fingerprint density at radius 1 is 1.59 bits per heavy atom. The van der Waals surface area contributed by atoms with E-state index >= 15 is 0 Å². The van der Waals surface area contributed by atoms with Crippen molar-refractivity contribution < 1.29 is 4.79 Å². The molecular weight excluding hydrogens is 300 g/mol. The third-order valence-electron chi connectivity index (χ3n) is 3.28. The van der Waals surface area contributed by atoms with Crippen LogP contribution in [0.1, 0.15) is 6.92 Å². The third kappa shape index (κ3) is 3.07. The van der Waals surface area contributed by atoms with Gasteiger partial charge in [-0.15, -0.1) is 11.8 Å². The highest BCUT2D eigenvalue weighted by molar-refractivity contribution is 8.04. The van der Waals surface area contributed by atoms with Crippen LogP contribution in [-0.2, 0) is 4.79 Å². The summed E-state index contributed by atoms with van der Waals surface area (Å²) in [5, 5.41) is 3.78. The molecule has 2 aromatic rings. The number of nitrogens with zero attached hydrogens (tertiary/aromatic N) is 3. The zero-order valence-electron chi connectivity index (χ0n) is 12.2. The summed E-state index contributed by atoms with van der Waals surface area (Å²) < 4.78 is 0. The molecule has 1 unspecified atom stereocenters. The summed E-state index contributed by atoms with van der Waals surface area (Å²) in [6.45, 7) is 3.12. The van der Waals surface area contributed by atoms with Gasteiger partial charge in [0, 0.05) is 37.3 Å². The normalized spacial score (nSPS) is 16.5. The maximum atomic E-state index is 12.2. The Morgan fingerprint density at radius 2 is 2.45 bits per heavy atom. The van der Waals surface area contributed by atoms with Crippen molar-refractivity contribution in [2.24, 2.45) is 5.73 Å². The average Bonchev–Trinajstić information content (AvgIpc) is 3.01. The maximum absolute atomic E-state index is 12.2. The van der Waals surface area contributed by atoms with Crippen LogP contribution in [0.25, 0.3) is 11.0 Å². The Kier molecular flexibility index (Phi) is 4.30. The molecular formula is C14H18N6OS. The van der Waals surface area contributed by atoms with E-state index in [1.165, 1.54) is 6.33 Å². The highest BCUT2D eigenvalue weighted by atomic mass is 32.2. The fraction of sp³-hybridized carbons (Fsp3) is 0.357. The van der Waals surface area contributed by atoms with Gasteiger partial charge in [0.2, 0.25) is 0 Å². The maximum Gasteiger partial charge on any atom is 0.259 e. The van der Waals surface area contributed by atoms with Gasteiger partial charge < -0.3 is 20.9 Å². The van der Waals surface area contributed by atoms with Crippen LogP contribution in [0.3, 0.4) is 0 Å². The van der Waals surface area contributed by atoms with Gasteiger partial charge in [-0.25, -0.2) is 9.97 Å². The summed E-state index contributed by atoms with van der Waals surface area (Å²) in [7, 11) is 0. The third-order valence-corrected chi connectivity index (χ3v) is 4.26. The number of hydrogen-bond acceptors (Lipinski definition) is 6. The standard InChI is InChI=1S/C14H18N6OS/c1-9(15)6-17-14(21)11-7-20(4-5-22-11)13-10-2-3-16-12(10)18-8-19-13/h2-3,7-9H,4-6,15H2,1H3,(H,17,21)(H,16,18,19). The molecule has 22 heavy (non-hydrogen) atoms. The lowest BCUT2D eigenvalue weighted by molar-refractivity contribution is -0.116. The fourth-order valence-electron chi connectivity index (χ4n) is 2.22. The summed E-state index contributed by atoms with van der Waals surface area (Å²) in [5.74, 6) is 1.54. The summed E-state index contributed by atoms with van der Waals surface area (Å²) in [4.78, 5) is 26.5. The number of aromatic nitrogens is 3. The number of thioether (sulfide) groups is 1. The SMILES string of the molecule is CC(N)CNC(=O)C1=CN(c2ncnc3[nH]ccc23)CCS1. The Balaban J connectivity index is 1.84. The number of nitrogens with two attached hydrogens (primary N) is 1. The number of amides is 1. The van der Waals surface area contributed by atoms with Crippen LogP contribution in [-0.4, -0.2) is 45.7 Å². The van der Waals surface area contributed by atoms with Gasteiger partial charge in [0.25, 0.3) is 5.91 Å². The number of fused-ring (bicyclic) bond motifs is 1. The van der Waals surface area contributed by atoms with Crippen molar-refractivity contribution in [2.75, 3.05) is 23.7 Å². The van der Waals surface area contributed by atoms with Crippen molar-refractivity contribution in [1.29, 1.82) is 0 Å². The smallest absolute Gasteiger partial charge is 0.259 e. The van der Waals surface area contributed by atoms with E-state index in [0.717, 1.165) is 29.1 Å². The molecule has 116 valence electrons. The minimum Gasteiger partial charge on any atom is -0.350 e. The molecule has 0 aromatic carbocycles. The topological polar surface area (TPSA) is 99.9 Å². The number of aromatic amines is 1. The first-order chi connectivity index (χ1) is 10.6. The molecule has 0 radical (unpaired) electrons. The van der Waals surface area contributed by atoms with Gasteiger partial charge in [0.05, 0.1) is 10.3 Å². The van der Waals surface area contributed by atoms with Gasteiger partial charge in [-0.3, -0.25) is 4.79 Å². The minimum absolute atomic E-state index is 0.0596. The minimum atomic E-state index is -0.0913. The number of H-pyrrole nitrogens is 1. The van der Waals surface area contributed by atoms with E-state index in [2.05, 4.69) is 20.3 Å². The molecule has 4 N–H and O–H groups in total. The Labute approximate surface area is 132 Å². The Bertz CT molecular complexity index is 710. The second kappa shape index (κ2) is 6.37. The van der Waals surface area contributed by atoms with E-state index in [9.17, 15) is 4.79 Å². The van der Waals surface area contributed by atoms with Crippen molar-refractivity contribution in [3.8, 4) is 0 Å². The van der Waals surface area contributed by atoms with Crippen LogP contribution in [0.15, 0.2) is 29.7 Å². The van der Waals surface area contributed by atoms with E-state index in [4.69, 9.17) is 5.73 Å². The monoisotopic (exact) mass is 318 g/mol. The molecule has 0 bridgehead atoms. The number of carbonyl (C=O) groups excluding carboxylic acids is 1. The zero-order valence-corrected chi connectivity index (χ0v) is 13.1. The highest BCUT2D eigenvalue weighted by Crippen LogP contribution is 2.28. The van der Waals surface area contributed by atoms with Crippen LogP contribution in [0.2, 0.25) is 0 Å². The average molecular weight is 318 g/mol. The predicted octanol–water partition coefficient (Wildman–Crippen LogP) is 0.816. The Morgan fingerprint density at radius 3 is 3.27 bits per heavy atom. The van der Waals surface area contributed by atoms with Crippen molar-refractivity contribution in [3.63, 3.8) is 0 Å². The first kappa shape index (κ1) is 14.9. The van der Waals surface area contributed by atoms with Crippen LogP contribution in [0, 0.1) is 0 Å². The van der Waals surface area contributed by atoms with E-state index in [1.54, 1.807) is 11.8 Å². The van der Waals surface area contributed by atoms with E-state index in [1.807, 2.05) is 30.3 Å². The van der Waals surface area contributed by atoms with Crippen molar-refractivity contribution >= 4 is 34.5 Å². The van der Waals surface area contributed by atoms with Gasteiger partial charge in [-0.05, 0) is 13.0 Å². The number of rotatable bonds is 4. The molecule has 2 aromatic heterocycles. The molecule has 0 saturated carbocycles. The molecule has 0 fully saturated rings. The van der Waals surface area contributed by atoms with Crippen LogP contribution in [0.5, 0.6) is 0 Å². The van der Waals surface area contributed by atoms with Gasteiger partial charge in [0.15, 0.2) is 0 Å². The number of nitrogens with one attached hydrogen (secondary N) is 2. The van der Waals surface area contributed by atoms with Crippen LogP contribution in [0.4, 0.5) is 5.82 Å². The van der Waals surface area contributed by atoms with Gasteiger partial charge in [-0.2, -0.15) is 0 Å². The van der Waals surface area contributed by atoms with Crippen molar-refractivity contribution in [1.82, 2.24) is 20.3 Å². The quantitative estimate of drug-likeness (QED) is 0.771. The van der Waals surface area contributed by atoms with Crippen molar-refractivity contribution in [2.45, 2.75) is 13.0 Å². The summed E-state index contributed by atoms with van der Waals surface area (Å²) in [5.41, 5.74) is 6.46. The van der Waals surface area contributed by atoms with Crippen LogP contribution >= 0.6 is 11.8 Å². The molecule has 0 saturated heterocycles.